The quantitative estimate of drug-likeness (QED) is 0.790. The molecule has 1 rings (SSSR count). The van der Waals surface area contributed by atoms with Crippen molar-refractivity contribution in [3.8, 4) is 5.75 Å². The number of aryl methyl sites for hydroxylation is 2. The Kier molecular flexibility index (Phi) is 5.06. The molecule has 0 fully saturated rings. The Bertz CT molecular complexity index is 496. The number of carboxylic acid groups (broad SMARTS) is 1. The highest BCUT2D eigenvalue weighted by Crippen LogP contribution is 2.22. The molecule has 0 saturated heterocycles. The molecule has 0 unspecified atom stereocenters. The first-order valence-electron chi connectivity index (χ1n) is 5.94. The third-order valence-corrected chi connectivity index (χ3v) is 2.86. The van der Waals surface area contributed by atoms with Crippen molar-refractivity contribution < 1.29 is 19.4 Å². The number of carboxylic acids is 1. The van der Waals surface area contributed by atoms with Crippen molar-refractivity contribution in [2.24, 2.45) is 0 Å². The van der Waals surface area contributed by atoms with E-state index in [-0.39, 0.29) is 18.9 Å². The van der Waals surface area contributed by atoms with Gasteiger partial charge >= 0.3 is 5.97 Å². The van der Waals surface area contributed by atoms with Crippen LogP contribution < -0.4 is 4.74 Å². The van der Waals surface area contributed by atoms with Gasteiger partial charge in [0.05, 0.1) is 20.2 Å². The lowest BCUT2D eigenvalue weighted by atomic mass is 10.0. The molecule has 0 heterocycles. The molecule has 0 radical (unpaired) electrons. The minimum Gasteiger partial charge on any atom is -0.496 e. The molecule has 5 heteroatoms. The Morgan fingerprint density at radius 2 is 1.84 bits per heavy atom. The third kappa shape index (κ3) is 4.06. The number of methoxy groups -OCH3 is 1. The molecule has 0 saturated carbocycles. The van der Waals surface area contributed by atoms with Crippen LogP contribution in [0.15, 0.2) is 12.1 Å². The van der Waals surface area contributed by atoms with Gasteiger partial charge in [0, 0.05) is 5.56 Å². The van der Waals surface area contributed by atoms with Crippen LogP contribution in [-0.2, 0) is 4.79 Å². The van der Waals surface area contributed by atoms with Crippen molar-refractivity contribution in [2.45, 2.75) is 13.8 Å². The lowest BCUT2D eigenvalue weighted by molar-refractivity contribution is -0.137. The first kappa shape index (κ1) is 15.2. The highest BCUT2D eigenvalue weighted by atomic mass is 16.5. The second-order valence-corrected chi connectivity index (χ2v) is 4.63. The standard InChI is InChI=1S/C14H19NO4/c1-9-6-13(19-4)10(2)5-11(9)12(16)7-15(3)8-14(17)18/h5-6H,7-8H2,1-4H3,(H,17,18). The van der Waals surface area contributed by atoms with E-state index in [1.807, 2.05) is 19.9 Å². The molecule has 1 aromatic rings. The third-order valence-electron chi connectivity index (χ3n) is 2.86. The Hall–Kier alpha value is -1.88. The predicted molar refractivity (Wildman–Crippen MR) is 71.9 cm³/mol. The second kappa shape index (κ2) is 6.33. The molecule has 0 aliphatic carbocycles. The van der Waals surface area contributed by atoms with E-state index in [9.17, 15) is 9.59 Å². The van der Waals surface area contributed by atoms with Gasteiger partial charge in [0.1, 0.15) is 5.75 Å². The summed E-state index contributed by atoms with van der Waals surface area (Å²) in [6.07, 6.45) is 0. The first-order valence-corrected chi connectivity index (χ1v) is 5.94. The summed E-state index contributed by atoms with van der Waals surface area (Å²) in [6, 6.07) is 3.60. The van der Waals surface area contributed by atoms with E-state index in [2.05, 4.69) is 0 Å². The smallest absolute Gasteiger partial charge is 0.317 e. The van der Waals surface area contributed by atoms with Crippen molar-refractivity contribution in [2.75, 3.05) is 27.2 Å². The van der Waals surface area contributed by atoms with Crippen LogP contribution in [0.4, 0.5) is 0 Å². The second-order valence-electron chi connectivity index (χ2n) is 4.63. The number of Topliss-reactive ketones (excluding diaryl/α,β-unsaturated/α-hetero) is 1. The number of rotatable bonds is 6. The Labute approximate surface area is 112 Å². The summed E-state index contributed by atoms with van der Waals surface area (Å²) in [6.45, 7) is 3.64. The molecular formula is C14H19NO4. The van der Waals surface area contributed by atoms with E-state index >= 15 is 0 Å². The maximum absolute atomic E-state index is 12.1. The summed E-state index contributed by atoms with van der Waals surface area (Å²) < 4.78 is 5.19. The van der Waals surface area contributed by atoms with Gasteiger partial charge in [-0.05, 0) is 44.2 Å². The van der Waals surface area contributed by atoms with Crippen molar-refractivity contribution in [1.29, 1.82) is 0 Å². The largest absolute Gasteiger partial charge is 0.496 e. The summed E-state index contributed by atoms with van der Waals surface area (Å²) in [5.74, 6) is -0.294. The van der Waals surface area contributed by atoms with Crippen LogP contribution >= 0.6 is 0 Å². The van der Waals surface area contributed by atoms with E-state index in [4.69, 9.17) is 9.84 Å². The average molecular weight is 265 g/mol. The van der Waals surface area contributed by atoms with Crippen LogP contribution in [0.1, 0.15) is 21.5 Å². The zero-order valence-electron chi connectivity index (χ0n) is 11.7. The Balaban J connectivity index is 2.88. The van der Waals surface area contributed by atoms with Crippen LogP contribution in [0.25, 0.3) is 0 Å². The van der Waals surface area contributed by atoms with Gasteiger partial charge in [0.25, 0.3) is 0 Å². The van der Waals surface area contributed by atoms with Crippen LogP contribution in [0.3, 0.4) is 0 Å². The van der Waals surface area contributed by atoms with Crippen LogP contribution in [-0.4, -0.2) is 49.0 Å². The molecule has 0 bridgehead atoms. The molecule has 1 N–H and O–H groups in total. The van der Waals surface area contributed by atoms with Gasteiger partial charge in [-0.25, -0.2) is 0 Å². The van der Waals surface area contributed by atoms with E-state index < -0.39 is 5.97 Å². The fraction of sp³-hybridized carbons (Fsp3) is 0.429. The van der Waals surface area contributed by atoms with Crippen molar-refractivity contribution >= 4 is 11.8 Å². The molecule has 0 spiro atoms. The fourth-order valence-corrected chi connectivity index (χ4v) is 1.93. The number of carbonyl (C=O) groups is 2. The number of carbonyl (C=O) groups excluding carboxylic acids is 1. The summed E-state index contributed by atoms with van der Waals surface area (Å²) >= 11 is 0. The molecule has 104 valence electrons. The van der Waals surface area contributed by atoms with Gasteiger partial charge in [-0.15, -0.1) is 0 Å². The maximum Gasteiger partial charge on any atom is 0.317 e. The Morgan fingerprint density at radius 1 is 1.21 bits per heavy atom. The van der Waals surface area contributed by atoms with Gasteiger partial charge < -0.3 is 9.84 Å². The molecule has 5 nitrogen and oxygen atoms in total. The van der Waals surface area contributed by atoms with Gasteiger partial charge in [-0.3, -0.25) is 14.5 Å². The number of benzene rings is 1. The van der Waals surface area contributed by atoms with Crippen LogP contribution in [0.2, 0.25) is 0 Å². The van der Waals surface area contributed by atoms with Gasteiger partial charge in [-0.1, -0.05) is 0 Å². The maximum atomic E-state index is 12.1. The minimum atomic E-state index is -0.946. The highest BCUT2D eigenvalue weighted by Gasteiger charge is 2.15. The zero-order valence-corrected chi connectivity index (χ0v) is 11.7. The average Bonchev–Trinajstić information content (AvgIpc) is 2.30. The van der Waals surface area contributed by atoms with Crippen molar-refractivity contribution in [3.05, 3.63) is 28.8 Å². The first-order chi connectivity index (χ1) is 8.85. The highest BCUT2D eigenvalue weighted by molar-refractivity contribution is 5.99. The molecular weight excluding hydrogens is 246 g/mol. The van der Waals surface area contributed by atoms with Gasteiger partial charge in [0.2, 0.25) is 0 Å². The normalized spacial score (nSPS) is 10.6. The molecule has 0 aromatic heterocycles. The van der Waals surface area contributed by atoms with E-state index in [1.165, 1.54) is 4.90 Å². The Morgan fingerprint density at radius 3 is 2.37 bits per heavy atom. The number of ketones is 1. The lowest BCUT2D eigenvalue weighted by Gasteiger charge is -2.15. The van der Waals surface area contributed by atoms with E-state index in [0.717, 1.165) is 16.9 Å². The lowest BCUT2D eigenvalue weighted by Crippen LogP contribution is -2.31. The number of likely N-dealkylation sites (N-methyl/N-ethyl adjacent to an activating group) is 1. The number of nitrogens with zero attached hydrogens (tertiary/aromatic N) is 1. The van der Waals surface area contributed by atoms with E-state index in [1.54, 1.807) is 20.2 Å². The summed E-state index contributed by atoms with van der Waals surface area (Å²) in [5, 5.41) is 8.66. The zero-order chi connectivity index (χ0) is 14.6. The summed E-state index contributed by atoms with van der Waals surface area (Å²) in [4.78, 5) is 24.2. The molecule has 0 atom stereocenters. The molecule has 0 amide bonds. The summed E-state index contributed by atoms with van der Waals surface area (Å²) in [5.41, 5.74) is 2.32. The van der Waals surface area contributed by atoms with Crippen LogP contribution in [0, 0.1) is 13.8 Å². The molecule has 1 aromatic carbocycles. The number of aliphatic carboxylic acids is 1. The minimum absolute atomic E-state index is 0.0823. The van der Waals surface area contributed by atoms with Crippen LogP contribution in [0.5, 0.6) is 5.75 Å². The number of ether oxygens (including phenoxy) is 1. The molecule has 0 aliphatic rings. The topological polar surface area (TPSA) is 66.8 Å². The number of hydrogen-bond acceptors (Lipinski definition) is 4. The summed E-state index contributed by atoms with van der Waals surface area (Å²) in [7, 11) is 3.20. The van der Waals surface area contributed by atoms with Gasteiger partial charge in [-0.2, -0.15) is 0 Å². The monoisotopic (exact) mass is 265 g/mol. The SMILES string of the molecule is COc1cc(C)c(C(=O)CN(C)CC(=O)O)cc1C. The van der Waals surface area contributed by atoms with Gasteiger partial charge in [0.15, 0.2) is 5.78 Å². The van der Waals surface area contributed by atoms with E-state index in [0.29, 0.717) is 5.56 Å². The fourth-order valence-electron chi connectivity index (χ4n) is 1.93. The molecule has 19 heavy (non-hydrogen) atoms. The number of hydrogen-bond donors (Lipinski definition) is 1. The van der Waals surface area contributed by atoms with Crippen molar-refractivity contribution in [1.82, 2.24) is 4.90 Å². The molecule has 0 aliphatic heterocycles. The predicted octanol–water partition coefficient (Wildman–Crippen LogP) is 1.51. The van der Waals surface area contributed by atoms with Crippen molar-refractivity contribution in [3.63, 3.8) is 0 Å².